The Hall–Kier alpha value is -1.23. The fraction of sp³-hybridized carbons (Fsp3) is 0.364. The van der Waals surface area contributed by atoms with E-state index in [0.717, 1.165) is 0 Å². The number of halogens is 1. The number of hydrogen-bond acceptors (Lipinski definition) is 3. The van der Waals surface area contributed by atoms with Gasteiger partial charge in [0.25, 0.3) is 0 Å². The molecular weight excluding hydrogens is 276 g/mol. The molecule has 0 aliphatic heterocycles. The van der Waals surface area contributed by atoms with Crippen molar-refractivity contribution < 1.29 is 19.7 Å². The van der Waals surface area contributed by atoms with Crippen LogP contribution in [0.2, 0.25) is 0 Å². The highest BCUT2D eigenvalue weighted by Crippen LogP contribution is 2.40. The molecule has 0 saturated carbocycles. The number of carbonyl (C=O) groups is 1. The number of carboxylic acid groups (broad SMARTS) is 1. The number of aliphatic carboxylic acids is 1. The molecule has 0 bridgehead atoms. The van der Waals surface area contributed by atoms with Crippen LogP contribution >= 0.6 is 15.9 Å². The summed E-state index contributed by atoms with van der Waals surface area (Å²) in [4.78, 5) is 10.9. The number of aromatic hydroxyl groups is 1. The van der Waals surface area contributed by atoms with Crippen molar-refractivity contribution in [3.8, 4) is 11.5 Å². The molecule has 1 atom stereocenters. The van der Waals surface area contributed by atoms with Gasteiger partial charge in [-0.2, -0.15) is 0 Å². The smallest absolute Gasteiger partial charge is 0.310 e. The molecule has 2 N–H and O–H groups in total. The van der Waals surface area contributed by atoms with Crippen molar-refractivity contribution >= 4 is 21.9 Å². The van der Waals surface area contributed by atoms with Crippen LogP contribution in [0.4, 0.5) is 0 Å². The first-order valence-corrected chi connectivity index (χ1v) is 5.48. The zero-order valence-corrected chi connectivity index (χ0v) is 10.8. The number of phenols is 1. The molecule has 0 spiro atoms. The standard InChI is InChI=1S/C11H13BrO4/c1-5-7(12)4-8(16-3)10(13)9(5)6(2)11(14)15/h4,6,13H,1-3H3,(H,14,15). The molecule has 1 aromatic rings. The Balaban J connectivity index is 3.47. The lowest BCUT2D eigenvalue weighted by molar-refractivity contribution is -0.138. The van der Waals surface area contributed by atoms with Gasteiger partial charge in [0.05, 0.1) is 13.0 Å². The molecule has 0 saturated heterocycles. The molecule has 5 heteroatoms. The second kappa shape index (κ2) is 4.74. The lowest BCUT2D eigenvalue weighted by atomic mass is 9.95. The van der Waals surface area contributed by atoms with Crippen molar-refractivity contribution in [1.29, 1.82) is 0 Å². The molecule has 16 heavy (non-hydrogen) atoms. The zero-order valence-electron chi connectivity index (χ0n) is 9.24. The van der Waals surface area contributed by atoms with E-state index in [1.165, 1.54) is 14.0 Å². The van der Waals surface area contributed by atoms with Gasteiger partial charge in [0.1, 0.15) is 0 Å². The quantitative estimate of drug-likeness (QED) is 0.897. The maximum Gasteiger partial charge on any atom is 0.310 e. The second-order valence-electron chi connectivity index (χ2n) is 3.51. The van der Waals surface area contributed by atoms with E-state index in [9.17, 15) is 9.90 Å². The van der Waals surface area contributed by atoms with Crippen molar-refractivity contribution in [3.05, 3.63) is 21.7 Å². The summed E-state index contributed by atoms with van der Waals surface area (Å²) >= 11 is 3.31. The van der Waals surface area contributed by atoms with E-state index in [4.69, 9.17) is 9.84 Å². The number of hydrogen-bond donors (Lipinski definition) is 2. The summed E-state index contributed by atoms with van der Waals surface area (Å²) in [5, 5.41) is 18.9. The van der Waals surface area contributed by atoms with E-state index in [0.29, 0.717) is 15.6 Å². The summed E-state index contributed by atoms with van der Waals surface area (Å²) in [7, 11) is 1.42. The van der Waals surface area contributed by atoms with Gasteiger partial charge in [0, 0.05) is 10.0 Å². The van der Waals surface area contributed by atoms with Crippen molar-refractivity contribution in [2.75, 3.05) is 7.11 Å². The molecule has 0 heterocycles. The van der Waals surface area contributed by atoms with E-state index in [-0.39, 0.29) is 11.5 Å². The van der Waals surface area contributed by atoms with Crippen LogP contribution in [0.25, 0.3) is 0 Å². The van der Waals surface area contributed by atoms with Gasteiger partial charge in [0.15, 0.2) is 11.5 Å². The molecule has 0 amide bonds. The van der Waals surface area contributed by atoms with Gasteiger partial charge in [0.2, 0.25) is 0 Å². The number of ether oxygens (including phenoxy) is 1. The summed E-state index contributed by atoms with van der Waals surface area (Å²) < 4.78 is 5.69. The largest absolute Gasteiger partial charge is 0.504 e. The molecule has 0 aliphatic carbocycles. The molecule has 0 fully saturated rings. The van der Waals surface area contributed by atoms with Gasteiger partial charge in [-0.05, 0) is 25.5 Å². The van der Waals surface area contributed by atoms with E-state index in [1.54, 1.807) is 13.0 Å². The van der Waals surface area contributed by atoms with E-state index in [1.807, 2.05) is 0 Å². The van der Waals surface area contributed by atoms with Crippen molar-refractivity contribution in [1.82, 2.24) is 0 Å². The van der Waals surface area contributed by atoms with Gasteiger partial charge in [-0.3, -0.25) is 4.79 Å². The Morgan fingerprint density at radius 3 is 2.56 bits per heavy atom. The third kappa shape index (κ3) is 2.14. The summed E-state index contributed by atoms with van der Waals surface area (Å²) in [6, 6.07) is 1.61. The second-order valence-corrected chi connectivity index (χ2v) is 4.36. The van der Waals surface area contributed by atoms with E-state index in [2.05, 4.69) is 15.9 Å². The molecule has 0 aliphatic rings. The van der Waals surface area contributed by atoms with Gasteiger partial charge in [-0.25, -0.2) is 0 Å². The summed E-state index contributed by atoms with van der Waals surface area (Å²) in [6.45, 7) is 3.27. The lowest BCUT2D eigenvalue weighted by Gasteiger charge is -2.16. The minimum atomic E-state index is -0.987. The highest BCUT2D eigenvalue weighted by atomic mass is 79.9. The summed E-state index contributed by atoms with van der Waals surface area (Å²) in [5.74, 6) is -1.62. The first-order valence-electron chi connectivity index (χ1n) is 4.68. The van der Waals surface area contributed by atoms with Crippen molar-refractivity contribution in [2.24, 2.45) is 0 Å². The average Bonchev–Trinajstić information content (AvgIpc) is 2.23. The van der Waals surface area contributed by atoms with Crippen LogP contribution in [0.1, 0.15) is 24.0 Å². The lowest BCUT2D eigenvalue weighted by Crippen LogP contribution is -2.10. The Morgan fingerprint density at radius 1 is 1.56 bits per heavy atom. The van der Waals surface area contributed by atoms with Crippen LogP contribution in [0.5, 0.6) is 11.5 Å². The van der Waals surface area contributed by atoms with Crippen LogP contribution in [-0.4, -0.2) is 23.3 Å². The van der Waals surface area contributed by atoms with Crippen LogP contribution in [0, 0.1) is 6.92 Å². The van der Waals surface area contributed by atoms with Crippen LogP contribution < -0.4 is 4.74 Å². The molecule has 1 unspecified atom stereocenters. The van der Waals surface area contributed by atoms with Gasteiger partial charge < -0.3 is 14.9 Å². The predicted octanol–water partition coefficient (Wildman–Crippen LogP) is 2.66. The Bertz CT molecular complexity index is 428. The van der Waals surface area contributed by atoms with E-state index >= 15 is 0 Å². The molecule has 1 rings (SSSR count). The average molecular weight is 289 g/mol. The molecule has 1 aromatic carbocycles. The highest BCUT2D eigenvalue weighted by Gasteiger charge is 2.24. The first kappa shape index (κ1) is 12.8. The fourth-order valence-electron chi connectivity index (χ4n) is 1.54. The molecule has 0 aromatic heterocycles. The number of methoxy groups -OCH3 is 1. The Labute approximate surface area is 102 Å². The monoisotopic (exact) mass is 288 g/mol. The fourth-order valence-corrected chi connectivity index (χ4v) is 1.96. The van der Waals surface area contributed by atoms with Gasteiger partial charge in [-0.1, -0.05) is 15.9 Å². The third-order valence-electron chi connectivity index (χ3n) is 2.53. The molecular formula is C11H13BrO4. The number of phenolic OH excluding ortho intramolecular Hbond substituents is 1. The van der Waals surface area contributed by atoms with Gasteiger partial charge >= 0.3 is 5.97 Å². The summed E-state index contributed by atoms with van der Waals surface area (Å²) in [6.07, 6.45) is 0. The predicted molar refractivity (Wildman–Crippen MR) is 63.1 cm³/mol. The number of carboxylic acids is 1. The molecule has 0 radical (unpaired) electrons. The number of rotatable bonds is 3. The Morgan fingerprint density at radius 2 is 2.12 bits per heavy atom. The SMILES string of the molecule is COc1cc(Br)c(C)c(C(C)C(=O)O)c1O. The minimum absolute atomic E-state index is 0.113. The number of benzene rings is 1. The minimum Gasteiger partial charge on any atom is -0.504 e. The van der Waals surface area contributed by atoms with Crippen molar-refractivity contribution in [3.63, 3.8) is 0 Å². The highest BCUT2D eigenvalue weighted by molar-refractivity contribution is 9.10. The Kier molecular flexibility index (Phi) is 3.80. The zero-order chi connectivity index (χ0) is 12.5. The molecule has 4 nitrogen and oxygen atoms in total. The van der Waals surface area contributed by atoms with Crippen LogP contribution in [0.3, 0.4) is 0 Å². The van der Waals surface area contributed by atoms with Crippen LogP contribution in [-0.2, 0) is 4.79 Å². The normalized spacial score (nSPS) is 12.2. The first-order chi connectivity index (χ1) is 7.40. The third-order valence-corrected chi connectivity index (χ3v) is 3.36. The molecule has 88 valence electrons. The maximum absolute atomic E-state index is 10.9. The topological polar surface area (TPSA) is 66.8 Å². The van der Waals surface area contributed by atoms with E-state index < -0.39 is 11.9 Å². The summed E-state index contributed by atoms with van der Waals surface area (Å²) in [5.41, 5.74) is 1.08. The van der Waals surface area contributed by atoms with Crippen LogP contribution in [0.15, 0.2) is 10.5 Å². The van der Waals surface area contributed by atoms with Gasteiger partial charge in [-0.15, -0.1) is 0 Å². The van der Waals surface area contributed by atoms with Crippen molar-refractivity contribution in [2.45, 2.75) is 19.8 Å². The maximum atomic E-state index is 10.9.